The molecule has 0 spiro atoms. The summed E-state index contributed by atoms with van der Waals surface area (Å²) in [6.07, 6.45) is 3.10. The van der Waals surface area contributed by atoms with Crippen molar-refractivity contribution in [2.75, 3.05) is 46.1 Å². The van der Waals surface area contributed by atoms with Crippen LogP contribution in [-0.4, -0.2) is 71.5 Å². The summed E-state index contributed by atoms with van der Waals surface area (Å²) in [5.41, 5.74) is 1.19. The fraction of sp³-hybridized carbons (Fsp3) is 0.550. The molecule has 1 fully saturated rings. The zero-order chi connectivity index (χ0) is 18.7. The molecular weight excluding hydrogens is 346 g/mol. The molecule has 5 nitrogen and oxygen atoms in total. The molecule has 1 amide bonds. The molecule has 0 saturated carbocycles. The molecule has 1 aliphatic heterocycles. The summed E-state index contributed by atoms with van der Waals surface area (Å²) in [6.45, 7) is 2.58. The van der Waals surface area contributed by atoms with Gasteiger partial charge in [0.1, 0.15) is 0 Å². The summed E-state index contributed by atoms with van der Waals surface area (Å²) in [6, 6.07) is 8.29. The van der Waals surface area contributed by atoms with Crippen molar-refractivity contribution in [1.29, 1.82) is 0 Å². The van der Waals surface area contributed by atoms with Crippen LogP contribution in [0.15, 0.2) is 35.4 Å². The summed E-state index contributed by atoms with van der Waals surface area (Å²) in [7, 11) is 6.16. The summed E-state index contributed by atoms with van der Waals surface area (Å²) >= 11 is 1.61. The number of aliphatic hydroxyl groups excluding tert-OH is 1. The van der Waals surface area contributed by atoms with E-state index in [1.165, 1.54) is 10.9 Å². The summed E-state index contributed by atoms with van der Waals surface area (Å²) in [5, 5.41) is 10.8. The average Bonchev–Trinajstić information content (AvgIpc) is 2.95. The molecular formula is C20H29N3O2S. The van der Waals surface area contributed by atoms with E-state index in [1.54, 1.807) is 11.8 Å². The highest BCUT2D eigenvalue weighted by atomic mass is 32.2. The minimum absolute atomic E-state index is 0.157. The molecule has 6 heteroatoms. The predicted octanol–water partition coefficient (Wildman–Crippen LogP) is 2.29. The number of carbonyl (C=O) groups excluding carboxylic acids is 1. The number of aliphatic hydroxyl groups is 1. The van der Waals surface area contributed by atoms with E-state index in [0.29, 0.717) is 18.2 Å². The highest BCUT2D eigenvalue weighted by Gasteiger charge is 2.29. The lowest BCUT2D eigenvalue weighted by atomic mass is 9.89. The summed E-state index contributed by atoms with van der Waals surface area (Å²) in [4.78, 5) is 18.1. The Morgan fingerprint density at radius 1 is 1.27 bits per heavy atom. The second kappa shape index (κ2) is 8.46. The van der Waals surface area contributed by atoms with Crippen LogP contribution < -0.4 is 0 Å². The van der Waals surface area contributed by atoms with Gasteiger partial charge in [-0.15, -0.1) is 11.8 Å². The van der Waals surface area contributed by atoms with Crippen LogP contribution >= 0.6 is 11.8 Å². The Balaban J connectivity index is 1.64. The first kappa shape index (κ1) is 19.3. The lowest BCUT2D eigenvalue weighted by Crippen LogP contribution is -2.47. The first-order chi connectivity index (χ1) is 12.5. The average molecular weight is 376 g/mol. The van der Waals surface area contributed by atoms with Gasteiger partial charge in [-0.2, -0.15) is 0 Å². The van der Waals surface area contributed by atoms with E-state index in [4.69, 9.17) is 0 Å². The molecule has 1 saturated heterocycles. The number of rotatable bonds is 6. The quantitative estimate of drug-likeness (QED) is 0.787. The van der Waals surface area contributed by atoms with Crippen LogP contribution in [0.3, 0.4) is 0 Å². The largest absolute Gasteiger partial charge is 0.396 e. The molecule has 2 aromatic rings. The summed E-state index contributed by atoms with van der Waals surface area (Å²) in [5.74, 6) is 1.24. The Labute approximate surface area is 160 Å². The van der Waals surface area contributed by atoms with E-state index < -0.39 is 0 Å². The fourth-order valence-corrected chi connectivity index (χ4v) is 4.98. The number of likely N-dealkylation sites (tertiary alicyclic amines) is 1. The van der Waals surface area contributed by atoms with Crippen LogP contribution in [0, 0.1) is 11.8 Å². The normalized spacial score (nSPS) is 20.9. The zero-order valence-electron chi connectivity index (χ0n) is 15.9. The van der Waals surface area contributed by atoms with E-state index in [9.17, 15) is 9.90 Å². The number of para-hydroxylation sites is 1. The molecule has 0 radical (unpaired) electrons. The van der Waals surface area contributed by atoms with Crippen LogP contribution in [0.25, 0.3) is 10.9 Å². The van der Waals surface area contributed by atoms with E-state index in [2.05, 4.69) is 41.9 Å². The maximum absolute atomic E-state index is 12.8. The van der Waals surface area contributed by atoms with Crippen molar-refractivity contribution in [2.24, 2.45) is 18.9 Å². The van der Waals surface area contributed by atoms with Gasteiger partial charge in [0.05, 0.1) is 5.75 Å². The van der Waals surface area contributed by atoms with Gasteiger partial charge >= 0.3 is 0 Å². The molecule has 0 bridgehead atoms. The van der Waals surface area contributed by atoms with E-state index in [0.717, 1.165) is 24.4 Å². The maximum atomic E-state index is 12.8. The van der Waals surface area contributed by atoms with Crippen molar-refractivity contribution in [1.82, 2.24) is 14.4 Å². The number of hydrogen-bond acceptors (Lipinski definition) is 4. The van der Waals surface area contributed by atoms with Gasteiger partial charge in [0.25, 0.3) is 0 Å². The lowest BCUT2D eigenvalue weighted by molar-refractivity contribution is -0.131. The number of carbonyl (C=O) groups is 1. The standard InChI is InChI=1S/C20H29N3O2S/c1-21(2)9-15-8-16(13-24)11-23(10-15)20(25)14-26-19-12-22(3)18-7-5-4-6-17(18)19/h4-7,12,15-16,24H,8-11,13-14H2,1-3H3/t15-,16+/m1/s1. The van der Waals surface area contributed by atoms with Crippen LogP contribution in [-0.2, 0) is 11.8 Å². The summed E-state index contributed by atoms with van der Waals surface area (Å²) < 4.78 is 2.11. The van der Waals surface area contributed by atoms with Gasteiger partial charge < -0.3 is 19.5 Å². The molecule has 1 N–H and O–H groups in total. The van der Waals surface area contributed by atoms with Gasteiger partial charge in [0.2, 0.25) is 5.91 Å². The zero-order valence-corrected chi connectivity index (χ0v) is 16.7. The number of aryl methyl sites for hydroxylation is 1. The Bertz CT molecular complexity index is 759. The van der Waals surface area contributed by atoms with Crippen molar-refractivity contribution >= 4 is 28.6 Å². The van der Waals surface area contributed by atoms with Gasteiger partial charge in [-0.25, -0.2) is 0 Å². The van der Waals surface area contributed by atoms with E-state index in [-0.39, 0.29) is 18.4 Å². The molecule has 2 heterocycles. The van der Waals surface area contributed by atoms with Gasteiger partial charge in [-0.05, 0) is 38.4 Å². The highest BCUT2D eigenvalue weighted by Crippen LogP contribution is 2.30. The number of hydrogen-bond donors (Lipinski definition) is 1. The minimum atomic E-state index is 0.157. The third-order valence-corrected chi connectivity index (χ3v) is 6.10. The van der Waals surface area contributed by atoms with Gasteiger partial charge in [0, 0.05) is 55.3 Å². The smallest absolute Gasteiger partial charge is 0.232 e. The number of fused-ring (bicyclic) bond motifs is 1. The van der Waals surface area contributed by atoms with Crippen LogP contribution in [0.2, 0.25) is 0 Å². The number of piperidine rings is 1. The highest BCUT2D eigenvalue weighted by molar-refractivity contribution is 8.00. The molecule has 1 aromatic carbocycles. The molecule has 2 atom stereocenters. The fourth-order valence-electron chi connectivity index (χ4n) is 3.95. The van der Waals surface area contributed by atoms with Crippen molar-refractivity contribution in [3.8, 4) is 0 Å². The van der Waals surface area contributed by atoms with E-state index in [1.807, 2.05) is 24.1 Å². The Hall–Kier alpha value is -1.50. The number of nitrogens with zero attached hydrogens (tertiary/aromatic N) is 3. The number of thioether (sulfide) groups is 1. The maximum Gasteiger partial charge on any atom is 0.232 e. The van der Waals surface area contributed by atoms with Gasteiger partial charge in [-0.1, -0.05) is 18.2 Å². The topological polar surface area (TPSA) is 48.7 Å². The van der Waals surface area contributed by atoms with Crippen molar-refractivity contribution < 1.29 is 9.90 Å². The molecule has 1 aromatic heterocycles. The Morgan fingerprint density at radius 3 is 2.73 bits per heavy atom. The minimum Gasteiger partial charge on any atom is -0.396 e. The Kier molecular flexibility index (Phi) is 6.27. The molecule has 0 aliphatic carbocycles. The molecule has 1 aliphatic rings. The monoisotopic (exact) mass is 375 g/mol. The molecule has 26 heavy (non-hydrogen) atoms. The van der Waals surface area contributed by atoms with Crippen LogP contribution in [0.4, 0.5) is 0 Å². The lowest BCUT2D eigenvalue weighted by Gasteiger charge is -2.38. The number of aromatic nitrogens is 1. The number of benzene rings is 1. The molecule has 142 valence electrons. The first-order valence-corrected chi connectivity index (χ1v) is 10.2. The van der Waals surface area contributed by atoms with Crippen LogP contribution in [0.1, 0.15) is 6.42 Å². The Morgan fingerprint density at radius 2 is 2.00 bits per heavy atom. The molecule has 0 unspecified atom stereocenters. The van der Waals surface area contributed by atoms with Crippen molar-refractivity contribution in [3.63, 3.8) is 0 Å². The van der Waals surface area contributed by atoms with Crippen LogP contribution in [0.5, 0.6) is 0 Å². The van der Waals surface area contributed by atoms with Gasteiger partial charge in [-0.3, -0.25) is 4.79 Å². The third kappa shape index (κ3) is 4.42. The van der Waals surface area contributed by atoms with Crippen molar-refractivity contribution in [2.45, 2.75) is 11.3 Å². The third-order valence-electron chi connectivity index (χ3n) is 5.07. The van der Waals surface area contributed by atoms with Crippen molar-refractivity contribution in [3.05, 3.63) is 30.5 Å². The second-order valence-electron chi connectivity index (χ2n) is 7.62. The molecule has 3 rings (SSSR count). The predicted molar refractivity (Wildman–Crippen MR) is 107 cm³/mol. The second-order valence-corrected chi connectivity index (χ2v) is 8.64. The number of amides is 1. The van der Waals surface area contributed by atoms with Gasteiger partial charge in [0.15, 0.2) is 0 Å². The van der Waals surface area contributed by atoms with E-state index >= 15 is 0 Å². The first-order valence-electron chi connectivity index (χ1n) is 9.18. The SMILES string of the molecule is CN(C)C[C@H]1C[C@H](CO)CN(C(=O)CSc2cn(C)c3ccccc23)C1.